The monoisotopic (exact) mass is 197 g/mol. The third-order valence-corrected chi connectivity index (χ3v) is 3.00. The zero-order chi connectivity index (χ0) is 10.3. The van der Waals surface area contributed by atoms with E-state index >= 15 is 0 Å². The van der Waals surface area contributed by atoms with Crippen LogP contribution in [0.1, 0.15) is 33.1 Å². The van der Waals surface area contributed by atoms with Gasteiger partial charge >= 0.3 is 5.97 Å². The summed E-state index contributed by atoms with van der Waals surface area (Å²) in [4.78, 5) is 22.4. The van der Waals surface area contributed by atoms with E-state index < -0.39 is 5.41 Å². The van der Waals surface area contributed by atoms with Gasteiger partial charge in [0, 0.05) is 12.8 Å². The molecule has 0 aromatic heterocycles. The molecule has 2 fully saturated rings. The van der Waals surface area contributed by atoms with Gasteiger partial charge < -0.3 is 10.1 Å². The largest absolute Gasteiger partial charge is 0.460 e. The summed E-state index contributed by atoms with van der Waals surface area (Å²) >= 11 is 0. The van der Waals surface area contributed by atoms with Crippen LogP contribution in [0.4, 0.5) is 0 Å². The molecule has 2 aliphatic rings. The average molecular weight is 197 g/mol. The summed E-state index contributed by atoms with van der Waals surface area (Å²) in [5.41, 5.74) is -0.391. The van der Waals surface area contributed by atoms with E-state index in [9.17, 15) is 9.59 Å². The highest BCUT2D eigenvalue weighted by atomic mass is 16.6. The number of rotatable bonds is 1. The van der Waals surface area contributed by atoms with Gasteiger partial charge in [0.15, 0.2) is 0 Å². The molecule has 0 aliphatic carbocycles. The highest BCUT2D eigenvalue weighted by molar-refractivity contribution is 5.80. The Hall–Kier alpha value is -1.06. The fourth-order valence-corrected chi connectivity index (χ4v) is 2.07. The summed E-state index contributed by atoms with van der Waals surface area (Å²) in [5.74, 6) is -0.0839. The molecule has 78 valence electrons. The molecule has 0 saturated carbocycles. The number of carbonyl (C=O) groups excluding carboxylic acids is 2. The van der Waals surface area contributed by atoms with Crippen LogP contribution in [0, 0.1) is 5.41 Å². The third-order valence-electron chi connectivity index (χ3n) is 3.00. The maximum Gasteiger partial charge on any atom is 0.311 e. The van der Waals surface area contributed by atoms with Crippen molar-refractivity contribution in [2.45, 2.75) is 45.3 Å². The molecule has 0 spiro atoms. The number of cyclic esters (lactones) is 1. The van der Waals surface area contributed by atoms with Crippen LogP contribution < -0.4 is 5.32 Å². The van der Waals surface area contributed by atoms with Gasteiger partial charge in [-0.05, 0) is 20.3 Å². The second-order valence-corrected chi connectivity index (χ2v) is 4.74. The van der Waals surface area contributed by atoms with Gasteiger partial charge in [-0.15, -0.1) is 0 Å². The number of esters is 1. The molecular weight excluding hydrogens is 182 g/mol. The van der Waals surface area contributed by atoms with Crippen LogP contribution >= 0.6 is 0 Å². The van der Waals surface area contributed by atoms with Gasteiger partial charge in [0.2, 0.25) is 5.91 Å². The smallest absolute Gasteiger partial charge is 0.311 e. The quantitative estimate of drug-likeness (QED) is 0.626. The second-order valence-electron chi connectivity index (χ2n) is 4.74. The Kier molecular flexibility index (Phi) is 2.01. The van der Waals surface area contributed by atoms with E-state index in [0.29, 0.717) is 12.8 Å². The molecule has 2 heterocycles. The van der Waals surface area contributed by atoms with Crippen molar-refractivity contribution in [1.29, 1.82) is 0 Å². The number of hydrogen-bond donors (Lipinski definition) is 1. The Morgan fingerprint density at radius 2 is 2.14 bits per heavy atom. The Balaban J connectivity index is 2.02. The number of ether oxygens (including phenoxy) is 1. The summed E-state index contributed by atoms with van der Waals surface area (Å²) < 4.78 is 5.26. The van der Waals surface area contributed by atoms with Crippen LogP contribution in [0.5, 0.6) is 0 Å². The summed E-state index contributed by atoms with van der Waals surface area (Å²) in [7, 11) is 0. The van der Waals surface area contributed by atoms with Gasteiger partial charge in [0.1, 0.15) is 6.10 Å². The Morgan fingerprint density at radius 1 is 1.43 bits per heavy atom. The first-order valence-corrected chi connectivity index (χ1v) is 4.99. The molecule has 0 unspecified atom stereocenters. The van der Waals surface area contributed by atoms with Crippen molar-refractivity contribution in [3.63, 3.8) is 0 Å². The minimum atomic E-state index is -0.391. The standard InChI is InChI=1S/C10H15NO3/c1-10(2)5-7(14-9(10)13)6-3-4-8(12)11-6/h6-7H,3-5H2,1-2H3,(H,11,12)/t6-,7-/m0/s1. The summed E-state index contributed by atoms with van der Waals surface area (Å²) in [5, 5.41) is 2.84. The molecule has 0 radical (unpaired) electrons. The van der Waals surface area contributed by atoms with Crippen molar-refractivity contribution in [2.24, 2.45) is 5.41 Å². The van der Waals surface area contributed by atoms with E-state index in [-0.39, 0.29) is 24.0 Å². The Labute approximate surface area is 83.0 Å². The average Bonchev–Trinajstić information content (AvgIpc) is 2.58. The summed E-state index contributed by atoms with van der Waals surface area (Å²) in [6.07, 6.45) is 1.92. The molecule has 1 amide bonds. The fraction of sp³-hybridized carbons (Fsp3) is 0.800. The fourth-order valence-electron chi connectivity index (χ4n) is 2.07. The SMILES string of the molecule is CC1(C)C[C@@H]([C@@H]2CCC(=O)N2)OC1=O. The Bertz CT molecular complexity index is 285. The van der Waals surface area contributed by atoms with Gasteiger partial charge in [-0.25, -0.2) is 0 Å². The van der Waals surface area contributed by atoms with Crippen molar-refractivity contribution in [3.05, 3.63) is 0 Å². The maximum atomic E-state index is 11.4. The molecule has 2 saturated heterocycles. The van der Waals surface area contributed by atoms with Crippen molar-refractivity contribution in [2.75, 3.05) is 0 Å². The first kappa shape index (κ1) is 9.49. The summed E-state index contributed by atoms with van der Waals surface area (Å²) in [6.45, 7) is 3.76. The predicted molar refractivity (Wildman–Crippen MR) is 49.4 cm³/mol. The van der Waals surface area contributed by atoms with E-state index in [2.05, 4.69) is 5.32 Å². The van der Waals surface area contributed by atoms with Crippen LogP contribution in [0.3, 0.4) is 0 Å². The molecule has 1 N–H and O–H groups in total. The van der Waals surface area contributed by atoms with Gasteiger partial charge in [0.05, 0.1) is 11.5 Å². The van der Waals surface area contributed by atoms with Crippen molar-refractivity contribution >= 4 is 11.9 Å². The van der Waals surface area contributed by atoms with Crippen LogP contribution in [-0.4, -0.2) is 24.0 Å². The van der Waals surface area contributed by atoms with Crippen LogP contribution in [0.2, 0.25) is 0 Å². The molecule has 2 aliphatic heterocycles. The van der Waals surface area contributed by atoms with E-state index in [4.69, 9.17) is 4.74 Å². The van der Waals surface area contributed by atoms with E-state index in [1.54, 1.807) is 0 Å². The first-order valence-electron chi connectivity index (χ1n) is 4.99. The van der Waals surface area contributed by atoms with Crippen molar-refractivity contribution in [3.8, 4) is 0 Å². The number of carbonyl (C=O) groups is 2. The normalized spacial score (nSPS) is 35.6. The lowest BCUT2D eigenvalue weighted by Crippen LogP contribution is -2.36. The lowest BCUT2D eigenvalue weighted by atomic mass is 9.88. The van der Waals surface area contributed by atoms with E-state index in [1.165, 1.54) is 0 Å². The van der Waals surface area contributed by atoms with Gasteiger partial charge in [-0.2, -0.15) is 0 Å². The maximum absolute atomic E-state index is 11.4. The minimum absolute atomic E-state index is 0.0354. The zero-order valence-electron chi connectivity index (χ0n) is 8.50. The molecular formula is C10H15NO3. The first-order chi connectivity index (χ1) is 6.49. The van der Waals surface area contributed by atoms with Crippen LogP contribution in [-0.2, 0) is 14.3 Å². The molecule has 2 rings (SSSR count). The van der Waals surface area contributed by atoms with Crippen LogP contribution in [0.15, 0.2) is 0 Å². The number of hydrogen-bond acceptors (Lipinski definition) is 3. The molecule has 14 heavy (non-hydrogen) atoms. The van der Waals surface area contributed by atoms with Gasteiger partial charge in [0.25, 0.3) is 0 Å². The number of amides is 1. The lowest BCUT2D eigenvalue weighted by Gasteiger charge is -2.17. The molecule has 0 aromatic carbocycles. The number of nitrogens with one attached hydrogen (secondary N) is 1. The Morgan fingerprint density at radius 3 is 2.57 bits per heavy atom. The second kappa shape index (κ2) is 2.97. The van der Waals surface area contributed by atoms with E-state index in [0.717, 1.165) is 6.42 Å². The topological polar surface area (TPSA) is 55.4 Å². The molecule has 4 nitrogen and oxygen atoms in total. The lowest BCUT2D eigenvalue weighted by molar-refractivity contribution is -0.148. The molecule has 0 aromatic rings. The minimum Gasteiger partial charge on any atom is -0.460 e. The predicted octanol–water partition coefficient (Wildman–Crippen LogP) is 0.607. The van der Waals surface area contributed by atoms with Crippen molar-refractivity contribution in [1.82, 2.24) is 5.32 Å². The third kappa shape index (κ3) is 1.49. The highest BCUT2D eigenvalue weighted by Gasteiger charge is 2.45. The molecule has 0 bridgehead atoms. The highest BCUT2D eigenvalue weighted by Crippen LogP contribution is 2.35. The molecule has 4 heteroatoms. The van der Waals surface area contributed by atoms with Crippen LogP contribution in [0.25, 0.3) is 0 Å². The zero-order valence-corrected chi connectivity index (χ0v) is 8.50. The summed E-state index contributed by atoms with van der Waals surface area (Å²) in [6, 6.07) is 0.0354. The molecule has 2 atom stereocenters. The van der Waals surface area contributed by atoms with Gasteiger partial charge in [-0.3, -0.25) is 9.59 Å². The van der Waals surface area contributed by atoms with Crippen molar-refractivity contribution < 1.29 is 14.3 Å². The van der Waals surface area contributed by atoms with Gasteiger partial charge in [-0.1, -0.05) is 0 Å². The van der Waals surface area contributed by atoms with E-state index in [1.807, 2.05) is 13.8 Å².